The highest BCUT2D eigenvalue weighted by Crippen LogP contribution is 2.24. The standard InChI is InChI=1S/C16H21BrClN3/c1-11-15(16(18)21(3)20-11)9-13(10-19-2)8-12-4-6-14(17)7-5-12/h4-7,13,19H,8-10H2,1-3H3. The SMILES string of the molecule is CNCC(Cc1ccc(Br)cc1)Cc1c(C)nn(C)c1Cl. The van der Waals surface area contributed by atoms with Crippen LogP contribution in [-0.2, 0) is 19.9 Å². The van der Waals surface area contributed by atoms with Gasteiger partial charge in [-0.3, -0.25) is 4.68 Å². The lowest BCUT2D eigenvalue weighted by Crippen LogP contribution is -2.23. The Bertz CT molecular complexity index is 592. The van der Waals surface area contributed by atoms with Crippen LogP contribution in [0.5, 0.6) is 0 Å². The van der Waals surface area contributed by atoms with E-state index in [0.29, 0.717) is 5.92 Å². The summed E-state index contributed by atoms with van der Waals surface area (Å²) >= 11 is 9.83. The van der Waals surface area contributed by atoms with Gasteiger partial charge in [0.05, 0.1) is 5.69 Å². The second-order valence-electron chi connectivity index (χ2n) is 5.44. The zero-order valence-corrected chi connectivity index (χ0v) is 15.0. The van der Waals surface area contributed by atoms with Crippen LogP contribution >= 0.6 is 27.5 Å². The fourth-order valence-corrected chi connectivity index (χ4v) is 3.17. The molecule has 114 valence electrons. The van der Waals surface area contributed by atoms with Gasteiger partial charge in [-0.1, -0.05) is 39.7 Å². The van der Waals surface area contributed by atoms with Crippen molar-refractivity contribution in [3.8, 4) is 0 Å². The van der Waals surface area contributed by atoms with Crippen molar-refractivity contribution < 1.29 is 0 Å². The predicted molar refractivity (Wildman–Crippen MR) is 91.9 cm³/mol. The van der Waals surface area contributed by atoms with Gasteiger partial charge < -0.3 is 5.32 Å². The van der Waals surface area contributed by atoms with Crippen molar-refractivity contribution >= 4 is 27.5 Å². The van der Waals surface area contributed by atoms with Crippen LogP contribution in [0.2, 0.25) is 5.15 Å². The Kier molecular flexibility index (Phi) is 5.85. The summed E-state index contributed by atoms with van der Waals surface area (Å²) in [4.78, 5) is 0. The lowest BCUT2D eigenvalue weighted by atomic mass is 9.92. The molecule has 0 saturated carbocycles. The molecule has 0 fully saturated rings. The molecule has 0 bridgehead atoms. The van der Waals surface area contributed by atoms with E-state index in [9.17, 15) is 0 Å². The normalized spacial score (nSPS) is 12.6. The first-order valence-corrected chi connectivity index (χ1v) is 8.25. The van der Waals surface area contributed by atoms with Gasteiger partial charge in [-0.2, -0.15) is 5.10 Å². The summed E-state index contributed by atoms with van der Waals surface area (Å²) in [6, 6.07) is 8.52. The Morgan fingerprint density at radius 2 is 1.95 bits per heavy atom. The molecule has 0 saturated heterocycles. The Hall–Kier alpha value is -0.840. The molecular weight excluding hydrogens is 350 g/mol. The van der Waals surface area contributed by atoms with Crippen LogP contribution < -0.4 is 5.32 Å². The first kappa shape index (κ1) is 16.5. The van der Waals surface area contributed by atoms with E-state index in [4.69, 9.17) is 11.6 Å². The van der Waals surface area contributed by atoms with E-state index in [0.717, 1.165) is 40.3 Å². The van der Waals surface area contributed by atoms with Gasteiger partial charge in [-0.05, 0) is 57.0 Å². The van der Waals surface area contributed by atoms with Crippen molar-refractivity contribution in [2.45, 2.75) is 19.8 Å². The van der Waals surface area contributed by atoms with E-state index >= 15 is 0 Å². The Labute approximate surface area is 139 Å². The molecule has 0 amide bonds. The van der Waals surface area contributed by atoms with Crippen LogP contribution in [0.25, 0.3) is 0 Å². The molecule has 1 atom stereocenters. The molecule has 1 heterocycles. The fraction of sp³-hybridized carbons (Fsp3) is 0.438. The van der Waals surface area contributed by atoms with Crippen LogP contribution in [0.3, 0.4) is 0 Å². The molecule has 5 heteroatoms. The maximum Gasteiger partial charge on any atom is 0.130 e. The van der Waals surface area contributed by atoms with Crippen molar-refractivity contribution in [3.63, 3.8) is 0 Å². The zero-order valence-electron chi connectivity index (χ0n) is 12.7. The maximum atomic E-state index is 6.36. The first-order valence-electron chi connectivity index (χ1n) is 7.08. The average Bonchev–Trinajstić information content (AvgIpc) is 2.68. The van der Waals surface area contributed by atoms with Crippen molar-refractivity contribution in [2.75, 3.05) is 13.6 Å². The lowest BCUT2D eigenvalue weighted by Gasteiger charge is -2.17. The minimum atomic E-state index is 0.497. The van der Waals surface area contributed by atoms with Crippen molar-refractivity contribution in [1.82, 2.24) is 15.1 Å². The monoisotopic (exact) mass is 369 g/mol. The van der Waals surface area contributed by atoms with E-state index in [1.807, 2.05) is 21.0 Å². The topological polar surface area (TPSA) is 29.9 Å². The molecule has 21 heavy (non-hydrogen) atoms. The third-order valence-electron chi connectivity index (χ3n) is 3.69. The van der Waals surface area contributed by atoms with Gasteiger partial charge >= 0.3 is 0 Å². The van der Waals surface area contributed by atoms with Crippen LogP contribution in [0.4, 0.5) is 0 Å². The van der Waals surface area contributed by atoms with Gasteiger partial charge in [0.25, 0.3) is 0 Å². The molecule has 0 aliphatic heterocycles. The second-order valence-corrected chi connectivity index (χ2v) is 6.71. The fourth-order valence-electron chi connectivity index (χ4n) is 2.65. The molecule has 1 unspecified atom stereocenters. The second kappa shape index (κ2) is 7.43. The van der Waals surface area contributed by atoms with Gasteiger partial charge in [0, 0.05) is 17.1 Å². The molecular formula is C16H21BrClN3. The number of hydrogen-bond acceptors (Lipinski definition) is 2. The first-order chi connectivity index (χ1) is 10.0. The lowest BCUT2D eigenvalue weighted by molar-refractivity contribution is 0.492. The molecule has 1 N–H and O–H groups in total. The van der Waals surface area contributed by atoms with Crippen LogP contribution in [-0.4, -0.2) is 23.4 Å². The number of halogens is 2. The highest BCUT2D eigenvalue weighted by molar-refractivity contribution is 9.10. The minimum Gasteiger partial charge on any atom is -0.319 e. The van der Waals surface area contributed by atoms with E-state index in [2.05, 4.69) is 50.6 Å². The molecule has 2 aromatic rings. The summed E-state index contributed by atoms with van der Waals surface area (Å²) in [5.41, 5.74) is 3.53. The van der Waals surface area contributed by atoms with Gasteiger partial charge in [0.15, 0.2) is 0 Å². The molecule has 0 radical (unpaired) electrons. The van der Waals surface area contributed by atoms with Crippen molar-refractivity contribution in [1.29, 1.82) is 0 Å². The third-order valence-corrected chi connectivity index (χ3v) is 4.69. The van der Waals surface area contributed by atoms with E-state index < -0.39 is 0 Å². The summed E-state index contributed by atoms with van der Waals surface area (Å²) in [6.45, 7) is 2.98. The van der Waals surface area contributed by atoms with Crippen LogP contribution in [0, 0.1) is 12.8 Å². The summed E-state index contributed by atoms with van der Waals surface area (Å²) in [5, 5.41) is 8.44. The van der Waals surface area contributed by atoms with Crippen LogP contribution in [0.1, 0.15) is 16.8 Å². The number of aromatic nitrogens is 2. The minimum absolute atomic E-state index is 0.497. The highest BCUT2D eigenvalue weighted by Gasteiger charge is 2.17. The molecule has 0 spiro atoms. The predicted octanol–water partition coefficient (Wildman–Crippen LogP) is 3.77. The van der Waals surface area contributed by atoms with E-state index in [1.165, 1.54) is 5.56 Å². The summed E-state index contributed by atoms with van der Waals surface area (Å²) in [7, 11) is 3.88. The number of nitrogens with one attached hydrogen (secondary N) is 1. The van der Waals surface area contributed by atoms with Crippen LogP contribution in [0.15, 0.2) is 28.7 Å². The Morgan fingerprint density at radius 1 is 1.29 bits per heavy atom. The molecule has 3 nitrogen and oxygen atoms in total. The van der Waals surface area contributed by atoms with Gasteiger partial charge in [0.1, 0.15) is 5.15 Å². The van der Waals surface area contributed by atoms with E-state index in [1.54, 1.807) is 4.68 Å². The largest absolute Gasteiger partial charge is 0.319 e. The molecule has 1 aromatic carbocycles. The number of benzene rings is 1. The maximum absolute atomic E-state index is 6.36. The van der Waals surface area contributed by atoms with Gasteiger partial charge in [0.2, 0.25) is 0 Å². The number of nitrogens with zero attached hydrogens (tertiary/aromatic N) is 2. The number of aryl methyl sites for hydroxylation is 2. The summed E-state index contributed by atoms with van der Waals surface area (Å²) in [5.74, 6) is 0.497. The molecule has 1 aromatic heterocycles. The summed E-state index contributed by atoms with van der Waals surface area (Å²) in [6.07, 6.45) is 1.97. The Morgan fingerprint density at radius 3 is 2.48 bits per heavy atom. The number of rotatable bonds is 6. The quantitative estimate of drug-likeness (QED) is 0.839. The molecule has 0 aliphatic rings. The van der Waals surface area contributed by atoms with Crippen molar-refractivity contribution in [3.05, 3.63) is 50.7 Å². The highest BCUT2D eigenvalue weighted by atomic mass is 79.9. The van der Waals surface area contributed by atoms with Gasteiger partial charge in [-0.15, -0.1) is 0 Å². The van der Waals surface area contributed by atoms with Gasteiger partial charge in [-0.25, -0.2) is 0 Å². The Balaban J connectivity index is 2.13. The van der Waals surface area contributed by atoms with Crippen molar-refractivity contribution in [2.24, 2.45) is 13.0 Å². The average molecular weight is 371 g/mol. The summed E-state index contributed by atoms with van der Waals surface area (Å²) < 4.78 is 2.87. The zero-order chi connectivity index (χ0) is 15.4. The molecule has 2 rings (SSSR count). The molecule has 0 aliphatic carbocycles. The van der Waals surface area contributed by atoms with E-state index in [-0.39, 0.29) is 0 Å². The third kappa shape index (κ3) is 4.31. The smallest absolute Gasteiger partial charge is 0.130 e. The number of hydrogen-bond donors (Lipinski definition) is 1.